The molecule has 84 valence electrons. The zero-order valence-electron chi connectivity index (χ0n) is 9.67. The van der Waals surface area contributed by atoms with Crippen LogP contribution >= 0.6 is 11.6 Å². The minimum atomic E-state index is 0.791. The van der Waals surface area contributed by atoms with E-state index < -0.39 is 0 Å². The van der Waals surface area contributed by atoms with Crippen molar-refractivity contribution in [3.63, 3.8) is 0 Å². The SMILES string of the molecule is CN(C)c1ccc(CCCCCCl)cc1. The van der Waals surface area contributed by atoms with Crippen LogP contribution in [0.2, 0.25) is 0 Å². The van der Waals surface area contributed by atoms with E-state index in [1.54, 1.807) is 0 Å². The molecule has 0 unspecified atom stereocenters. The van der Waals surface area contributed by atoms with Gasteiger partial charge < -0.3 is 4.90 Å². The number of benzene rings is 1. The van der Waals surface area contributed by atoms with Gasteiger partial charge in [0.2, 0.25) is 0 Å². The van der Waals surface area contributed by atoms with Gasteiger partial charge in [0.25, 0.3) is 0 Å². The first-order valence-electron chi connectivity index (χ1n) is 5.56. The first-order valence-corrected chi connectivity index (χ1v) is 6.09. The molecule has 0 bridgehead atoms. The van der Waals surface area contributed by atoms with Crippen molar-refractivity contribution in [2.45, 2.75) is 25.7 Å². The van der Waals surface area contributed by atoms with E-state index in [0.29, 0.717) is 0 Å². The van der Waals surface area contributed by atoms with Gasteiger partial charge in [0.1, 0.15) is 0 Å². The first-order chi connectivity index (χ1) is 7.24. The average molecular weight is 226 g/mol. The summed E-state index contributed by atoms with van der Waals surface area (Å²) < 4.78 is 0. The lowest BCUT2D eigenvalue weighted by molar-refractivity contribution is 0.720. The fraction of sp³-hybridized carbons (Fsp3) is 0.538. The molecule has 1 aromatic rings. The number of hydrogen-bond acceptors (Lipinski definition) is 1. The van der Waals surface area contributed by atoms with E-state index in [4.69, 9.17) is 11.6 Å². The molecule has 1 rings (SSSR count). The van der Waals surface area contributed by atoms with Crippen LogP contribution in [0.15, 0.2) is 24.3 Å². The summed E-state index contributed by atoms with van der Waals surface area (Å²) in [5.74, 6) is 0.791. The van der Waals surface area contributed by atoms with Crippen molar-refractivity contribution >= 4 is 17.3 Å². The molecule has 0 amide bonds. The van der Waals surface area contributed by atoms with Crippen molar-refractivity contribution in [1.29, 1.82) is 0 Å². The van der Waals surface area contributed by atoms with Crippen molar-refractivity contribution in [2.24, 2.45) is 0 Å². The fourth-order valence-corrected chi connectivity index (χ4v) is 1.75. The van der Waals surface area contributed by atoms with Gasteiger partial charge in [-0.05, 0) is 37.0 Å². The Balaban J connectivity index is 2.36. The van der Waals surface area contributed by atoms with Gasteiger partial charge in [-0.2, -0.15) is 0 Å². The maximum absolute atomic E-state index is 5.63. The van der Waals surface area contributed by atoms with Gasteiger partial charge in [-0.25, -0.2) is 0 Å². The van der Waals surface area contributed by atoms with Gasteiger partial charge in [0.05, 0.1) is 0 Å². The predicted molar refractivity (Wildman–Crippen MR) is 69.0 cm³/mol. The molecular weight excluding hydrogens is 206 g/mol. The van der Waals surface area contributed by atoms with Crippen molar-refractivity contribution < 1.29 is 0 Å². The second-order valence-corrected chi connectivity index (χ2v) is 4.44. The summed E-state index contributed by atoms with van der Waals surface area (Å²) in [5.41, 5.74) is 2.69. The minimum Gasteiger partial charge on any atom is -0.378 e. The zero-order valence-corrected chi connectivity index (χ0v) is 10.4. The molecule has 0 aromatic heterocycles. The van der Waals surface area contributed by atoms with Crippen LogP contribution in [0.4, 0.5) is 5.69 Å². The molecule has 15 heavy (non-hydrogen) atoms. The molecule has 0 fully saturated rings. The van der Waals surface area contributed by atoms with Crippen molar-refractivity contribution in [3.8, 4) is 0 Å². The van der Waals surface area contributed by atoms with Gasteiger partial charge in [-0.15, -0.1) is 11.6 Å². The van der Waals surface area contributed by atoms with Crippen molar-refractivity contribution in [1.82, 2.24) is 0 Å². The topological polar surface area (TPSA) is 3.24 Å². The van der Waals surface area contributed by atoms with E-state index in [1.165, 1.54) is 30.5 Å². The van der Waals surface area contributed by atoms with Gasteiger partial charge in [0, 0.05) is 25.7 Å². The van der Waals surface area contributed by atoms with E-state index in [9.17, 15) is 0 Å². The summed E-state index contributed by atoms with van der Waals surface area (Å²) in [6.45, 7) is 0. The number of alkyl halides is 1. The summed E-state index contributed by atoms with van der Waals surface area (Å²) in [7, 11) is 4.13. The highest BCUT2D eigenvalue weighted by Crippen LogP contribution is 2.14. The Morgan fingerprint density at radius 1 is 1.00 bits per heavy atom. The molecule has 1 nitrogen and oxygen atoms in total. The van der Waals surface area contributed by atoms with Crippen LogP contribution in [0.5, 0.6) is 0 Å². The summed E-state index contributed by atoms with van der Waals surface area (Å²) in [6, 6.07) is 8.79. The predicted octanol–water partition coefficient (Wildman–Crippen LogP) is 3.70. The average Bonchev–Trinajstić information content (AvgIpc) is 2.25. The number of unbranched alkanes of at least 4 members (excludes halogenated alkanes) is 2. The van der Waals surface area contributed by atoms with Crippen LogP contribution in [0, 0.1) is 0 Å². The van der Waals surface area contributed by atoms with Gasteiger partial charge in [-0.1, -0.05) is 18.6 Å². The summed E-state index contributed by atoms with van der Waals surface area (Å²) in [4.78, 5) is 2.12. The molecule has 0 saturated carbocycles. The highest BCUT2D eigenvalue weighted by Gasteiger charge is 1.96. The zero-order chi connectivity index (χ0) is 11.1. The molecular formula is C13H20ClN. The third kappa shape index (κ3) is 4.57. The standard InChI is InChI=1S/C13H20ClN/c1-15(2)13-9-7-12(8-10-13)6-4-3-5-11-14/h7-10H,3-6,11H2,1-2H3. The number of nitrogens with zero attached hydrogens (tertiary/aromatic N) is 1. The molecule has 0 spiro atoms. The molecule has 0 aliphatic rings. The van der Waals surface area contributed by atoms with Crippen molar-refractivity contribution in [3.05, 3.63) is 29.8 Å². The Morgan fingerprint density at radius 3 is 2.20 bits per heavy atom. The molecule has 0 aliphatic carbocycles. The Hall–Kier alpha value is -0.690. The Morgan fingerprint density at radius 2 is 1.67 bits per heavy atom. The molecule has 0 N–H and O–H groups in total. The van der Waals surface area contributed by atoms with Gasteiger partial charge in [0.15, 0.2) is 0 Å². The van der Waals surface area contributed by atoms with E-state index in [0.717, 1.165) is 12.3 Å². The number of halogens is 1. The van der Waals surface area contributed by atoms with Crippen LogP contribution in [0.25, 0.3) is 0 Å². The van der Waals surface area contributed by atoms with E-state index in [1.807, 2.05) is 0 Å². The summed E-state index contributed by atoms with van der Waals surface area (Å²) >= 11 is 5.63. The molecule has 0 heterocycles. The molecule has 0 radical (unpaired) electrons. The van der Waals surface area contributed by atoms with Gasteiger partial charge >= 0.3 is 0 Å². The highest BCUT2D eigenvalue weighted by molar-refractivity contribution is 6.17. The van der Waals surface area contributed by atoms with Crippen LogP contribution in [-0.4, -0.2) is 20.0 Å². The number of rotatable bonds is 6. The normalized spacial score (nSPS) is 10.3. The van der Waals surface area contributed by atoms with E-state index in [-0.39, 0.29) is 0 Å². The molecule has 0 aliphatic heterocycles. The van der Waals surface area contributed by atoms with Gasteiger partial charge in [-0.3, -0.25) is 0 Å². The Bertz CT molecular complexity index is 266. The molecule has 1 aromatic carbocycles. The maximum Gasteiger partial charge on any atom is 0.0361 e. The fourth-order valence-electron chi connectivity index (χ4n) is 1.56. The maximum atomic E-state index is 5.63. The monoisotopic (exact) mass is 225 g/mol. The van der Waals surface area contributed by atoms with E-state index >= 15 is 0 Å². The lowest BCUT2D eigenvalue weighted by atomic mass is 10.1. The summed E-state index contributed by atoms with van der Waals surface area (Å²) in [6.07, 6.45) is 4.79. The number of aryl methyl sites for hydroxylation is 1. The third-order valence-corrected chi connectivity index (χ3v) is 2.82. The third-order valence-electron chi connectivity index (χ3n) is 2.55. The Kier molecular flexibility index (Phi) is 5.56. The largest absolute Gasteiger partial charge is 0.378 e. The smallest absolute Gasteiger partial charge is 0.0361 e. The molecule has 0 atom stereocenters. The van der Waals surface area contributed by atoms with Crippen molar-refractivity contribution in [2.75, 3.05) is 24.9 Å². The second kappa shape index (κ2) is 6.73. The molecule has 2 heteroatoms. The first kappa shape index (κ1) is 12.4. The quantitative estimate of drug-likeness (QED) is 0.527. The lowest BCUT2D eigenvalue weighted by Gasteiger charge is -2.12. The lowest BCUT2D eigenvalue weighted by Crippen LogP contribution is -2.08. The second-order valence-electron chi connectivity index (χ2n) is 4.06. The van der Waals surface area contributed by atoms with Crippen LogP contribution in [0.3, 0.4) is 0 Å². The van der Waals surface area contributed by atoms with Crippen LogP contribution in [0.1, 0.15) is 24.8 Å². The van der Waals surface area contributed by atoms with Crippen LogP contribution in [-0.2, 0) is 6.42 Å². The highest BCUT2D eigenvalue weighted by atomic mass is 35.5. The van der Waals surface area contributed by atoms with Crippen LogP contribution < -0.4 is 4.90 Å². The molecule has 0 saturated heterocycles. The minimum absolute atomic E-state index is 0.791. The summed E-state index contributed by atoms with van der Waals surface area (Å²) in [5, 5.41) is 0. The number of hydrogen-bond donors (Lipinski definition) is 0. The number of anilines is 1. The Labute approximate surface area is 98.0 Å². The van der Waals surface area contributed by atoms with E-state index in [2.05, 4.69) is 43.3 Å².